The van der Waals surface area contributed by atoms with E-state index in [-0.39, 0.29) is 0 Å². The van der Waals surface area contributed by atoms with E-state index in [1.54, 1.807) is 0 Å². The second kappa shape index (κ2) is 8.77. The van der Waals surface area contributed by atoms with Crippen molar-refractivity contribution in [1.29, 1.82) is 0 Å². The molecule has 0 aromatic rings. The minimum absolute atomic E-state index is 0.441. The molecule has 0 aromatic heterocycles. The second-order valence-electron chi connectivity index (χ2n) is 8.95. The quantitative estimate of drug-likeness (QED) is 0.625. The molecular formula is C21H42N2S. The fourth-order valence-corrected chi connectivity index (χ4v) is 7.24. The van der Waals surface area contributed by atoms with Crippen molar-refractivity contribution in [2.75, 3.05) is 32.4 Å². The normalized spacial score (nSPS) is 33.0. The lowest BCUT2D eigenvalue weighted by molar-refractivity contribution is 0.0698. The first-order valence-electron chi connectivity index (χ1n) is 10.4. The summed E-state index contributed by atoms with van der Waals surface area (Å²) in [6.07, 6.45) is 8.32. The topological polar surface area (TPSA) is 15.3 Å². The number of thioether (sulfide) groups is 1. The predicted octanol–water partition coefficient (Wildman–Crippen LogP) is 5.03. The average Bonchev–Trinajstić information content (AvgIpc) is 3.18. The molecule has 2 fully saturated rings. The van der Waals surface area contributed by atoms with Crippen LogP contribution in [0.5, 0.6) is 0 Å². The van der Waals surface area contributed by atoms with Crippen LogP contribution < -0.4 is 5.32 Å². The number of likely N-dealkylation sites (tertiary alicyclic amines) is 1. The van der Waals surface area contributed by atoms with Gasteiger partial charge in [0.15, 0.2) is 0 Å². The largest absolute Gasteiger partial charge is 0.320 e. The van der Waals surface area contributed by atoms with Gasteiger partial charge in [0, 0.05) is 10.3 Å². The van der Waals surface area contributed by atoms with Crippen molar-refractivity contribution < 1.29 is 0 Å². The van der Waals surface area contributed by atoms with Crippen molar-refractivity contribution in [2.24, 2.45) is 17.8 Å². The van der Waals surface area contributed by atoms with Gasteiger partial charge in [0.2, 0.25) is 0 Å². The van der Waals surface area contributed by atoms with Gasteiger partial charge in [-0.3, -0.25) is 4.90 Å². The Balaban J connectivity index is 2.01. The van der Waals surface area contributed by atoms with Crippen LogP contribution in [0.2, 0.25) is 0 Å². The van der Waals surface area contributed by atoms with E-state index in [1.807, 2.05) is 0 Å². The molecule has 0 amide bonds. The Morgan fingerprint density at radius 2 is 1.79 bits per heavy atom. The van der Waals surface area contributed by atoms with E-state index < -0.39 is 0 Å². The SMILES string of the molecule is CNCCC1(C(C)C)CCCN1CCC(C)C1(C(C)C)CCCS1. The van der Waals surface area contributed by atoms with Crippen molar-refractivity contribution in [3.8, 4) is 0 Å². The highest BCUT2D eigenvalue weighted by molar-refractivity contribution is 8.00. The Kier molecular flexibility index (Phi) is 7.52. The fourth-order valence-electron chi connectivity index (χ4n) is 5.55. The van der Waals surface area contributed by atoms with Gasteiger partial charge in [-0.15, -0.1) is 0 Å². The number of nitrogens with zero attached hydrogens (tertiary/aromatic N) is 1. The van der Waals surface area contributed by atoms with Crippen molar-refractivity contribution in [3.05, 3.63) is 0 Å². The minimum Gasteiger partial charge on any atom is -0.320 e. The summed E-state index contributed by atoms with van der Waals surface area (Å²) in [4.78, 5) is 2.87. The molecule has 3 atom stereocenters. The highest BCUT2D eigenvalue weighted by Gasteiger charge is 2.45. The zero-order chi connectivity index (χ0) is 17.8. The first-order chi connectivity index (χ1) is 11.4. The van der Waals surface area contributed by atoms with Gasteiger partial charge in [-0.05, 0) is 88.7 Å². The maximum atomic E-state index is 3.40. The van der Waals surface area contributed by atoms with Gasteiger partial charge in [0.25, 0.3) is 0 Å². The van der Waals surface area contributed by atoms with E-state index in [0.29, 0.717) is 10.3 Å². The summed E-state index contributed by atoms with van der Waals surface area (Å²) in [6.45, 7) is 16.1. The zero-order valence-corrected chi connectivity index (χ0v) is 18.0. The second-order valence-corrected chi connectivity index (χ2v) is 10.4. The molecule has 24 heavy (non-hydrogen) atoms. The van der Waals surface area contributed by atoms with Crippen LogP contribution in [0.3, 0.4) is 0 Å². The summed E-state index contributed by atoms with van der Waals surface area (Å²) in [7, 11) is 2.10. The Bertz CT molecular complexity index is 376. The Labute approximate surface area is 155 Å². The molecule has 0 radical (unpaired) electrons. The lowest BCUT2D eigenvalue weighted by Gasteiger charge is -2.44. The highest BCUT2D eigenvalue weighted by Crippen LogP contribution is 2.50. The van der Waals surface area contributed by atoms with Crippen LogP contribution in [-0.2, 0) is 0 Å². The van der Waals surface area contributed by atoms with E-state index in [4.69, 9.17) is 0 Å². The van der Waals surface area contributed by atoms with Crippen LogP contribution in [0.15, 0.2) is 0 Å². The van der Waals surface area contributed by atoms with Gasteiger partial charge in [0.1, 0.15) is 0 Å². The molecule has 3 heteroatoms. The molecule has 0 aromatic carbocycles. The molecule has 2 heterocycles. The smallest absolute Gasteiger partial charge is 0.0245 e. The molecule has 0 saturated carbocycles. The molecule has 2 aliphatic rings. The van der Waals surface area contributed by atoms with E-state index in [0.717, 1.165) is 24.3 Å². The van der Waals surface area contributed by atoms with Crippen LogP contribution in [0, 0.1) is 17.8 Å². The summed E-state index contributed by atoms with van der Waals surface area (Å²) in [5.41, 5.74) is 0.441. The van der Waals surface area contributed by atoms with Gasteiger partial charge in [-0.2, -0.15) is 11.8 Å². The molecule has 0 bridgehead atoms. The van der Waals surface area contributed by atoms with Crippen molar-refractivity contribution >= 4 is 11.8 Å². The number of hydrogen-bond acceptors (Lipinski definition) is 3. The van der Waals surface area contributed by atoms with Crippen LogP contribution in [0.4, 0.5) is 0 Å². The molecule has 1 N–H and O–H groups in total. The molecule has 142 valence electrons. The average molecular weight is 355 g/mol. The van der Waals surface area contributed by atoms with Crippen molar-refractivity contribution in [2.45, 2.75) is 83.4 Å². The molecule has 0 aliphatic carbocycles. The first kappa shape index (κ1) is 20.6. The van der Waals surface area contributed by atoms with Gasteiger partial charge < -0.3 is 5.32 Å². The number of nitrogens with one attached hydrogen (secondary N) is 1. The van der Waals surface area contributed by atoms with Crippen LogP contribution in [0.25, 0.3) is 0 Å². The fraction of sp³-hybridized carbons (Fsp3) is 1.00. The predicted molar refractivity (Wildman–Crippen MR) is 110 cm³/mol. The lowest BCUT2D eigenvalue weighted by Crippen LogP contribution is -2.50. The summed E-state index contributed by atoms with van der Waals surface area (Å²) < 4.78 is 0.547. The van der Waals surface area contributed by atoms with E-state index in [2.05, 4.69) is 63.6 Å². The van der Waals surface area contributed by atoms with E-state index >= 15 is 0 Å². The van der Waals surface area contributed by atoms with E-state index in [9.17, 15) is 0 Å². The van der Waals surface area contributed by atoms with E-state index in [1.165, 1.54) is 57.4 Å². The Hall–Kier alpha value is 0.270. The molecule has 2 aliphatic heterocycles. The van der Waals surface area contributed by atoms with Gasteiger partial charge in [-0.1, -0.05) is 34.6 Å². The summed E-state index contributed by atoms with van der Waals surface area (Å²) in [5, 5.41) is 3.40. The molecule has 3 unspecified atom stereocenters. The summed E-state index contributed by atoms with van der Waals surface area (Å²) in [5.74, 6) is 3.77. The lowest BCUT2D eigenvalue weighted by atomic mass is 9.77. The molecule has 2 saturated heterocycles. The van der Waals surface area contributed by atoms with Gasteiger partial charge >= 0.3 is 0 Å². The van der Waals surface area contributed by atoms with Crippen molar-refractivity contribution in [1.82, 2.24) is 10.2 Å². The monoisotopic (exact) mass is 354 g/mol. The Morgan fingerprint density at radius 1 is 1.04 bits per heavy atom. The summed E-state index contributed by atoms with van der Waals surface area (Å²) >= 11 is 2.28. The Morgan fingerprint density at radius 3 is 2.33 bits per heavy atom. The summed E-state index contributed by atoms with van der Waals surface area (Å²) in [6, 6.07) is 0. The van der Waals surface area contributed by atoms with Gasteiger partial charge in [0.05, 0.1) is 0 Å². The first-order valence-corrected chi connectivity index (χ1v) is 11.4. The standard InChI is InChI=1S/C21H42N2S/c1-17(2)20(12-13-22-6)10-7-14-23(20)15-9-19(5)21(18(3)4)11-8-16-24-21/h17-19,22H,7-16H2,1-6H3. The van der Waals surface area contributed by atoms with Crippen LogP contribution in [0.1, 0.15) is 73.1 Å². The molecular weight excluding hydrogens is 312 g/mol. The minimum atomic E-state index is 0.441. The van der Waals surface area contributed by atoms with Crippen LogP contribution >= 0.6 is 11.8 Å². The number of rotatable bonds is 9. The third-order valence-electron chi connectivity index (χ3n) is 7.28. The maximum Gasteiger partial charge on any atom is 0.0245 e. The molecule has 2 rings (SSSR count). The van der Waals surface area contributed by atoms with Crippen LogP contribution in [-0.4, -0.2) is 47.6 Å². The molecule has 2 nitrogen and oxygen atoms in total. The third kappa shape index (κ3) is 3.99. The molecule has 0 spiro atoms. The maximum absolute atomic E-state index is 3.40. The highest BCUT2D eigenvalue weighted by atomic mass is 32.2. The zero-order valence-electron chi connectivity index (χ0n) is 17.2. The van der Waals surface area contributed by atoms with Crippen molar-refractivity contribution in [3.63, 3.8) is 0 Å². The number of hydrogen-bond donors (Lipinski definition) is 1. The van der Waals surface area contributed by atoms with Gasteiger partial charge in [-0.25, -0.2) is 0 Å². The third-order valence-corrected chi connectivity index (χ3v) is 9.38.